The fourth-order valence-corrected chi connectivity index (χ4v) is 1.80. The Bertz CT molecular complexity index is 765. The number of nitrogens with zero attached hydrogens (tertiary/aromatic N) is 2. The lowest BCUT2D eigenvalue weighted by Crippen LogP contribution is -2.22. The van der Waals surface area contributed by atoms with Crippen molar-refractivity contribution in [2.75, 3.05) is 11.9 Å². The Morgan fingerprint density at radius 1 is 1.25 bits per heavy atom. The number of hydrogen-bond donors (Lipinski definition) is 1. The number of carbonyl (C=O) groups is 1. The predicted octanol–water partition coefficient (Wildman–Crippen LogP) is 3.03. The van der Waals surface area contributed by atoms with Crippen LogP contribution in [0.15, 0.2) is 42.6 Å². The SMILES string of the molecule is O=C(COc1cccnc1[N+](=O)[O-])Nc1ccccc1C(F)(F)F. The van der Waals surface area contributed by atoms with Crippen molar-refractivity contribution in [2.45, 2.75) is 6.18 Å². The number of nitro groups is 1. The minimum Gasteiger partial charge on any atom is -0.476 e. The van der Waals surface area contributed by atoms with Crippen LogP contribution in [0.5, 0.6) is 5.75 Å². The molecular weight excluding hydrogens is 331 g/mol. The fraction of sp³-hybridized carbons (Fsp3) is 0.143. The molecule has 24 heavy (non-hydrogen) atoms. The second-order valence-electron chi connectivity index (χ2n) is 4.46. The number of hydrogen-bond acceptors (Lipinski definition) is 5. The number of halogens is 3. The number of alkyl halides is 3. The molecule has 2 aromatic rings. The lowest BCUT2D eigenvalue weighted by Gasteiger charge is -2.13. The van der Waals surface area contributed by atoms with E-state index < -0.39 is 40.7 Å². The Kier molecular flexibility index (Phi) is 4.97. The summed E-state index contributed by atoms with van der Waals surface area (Å²) in [7, 11) is 0. The van der Waals surface area contributed by atoms with Gasteiger partial charge in [-0.2, -0.15) is 13.2 Å². The van der Waals surface area contributed by atoms with Crippen LogP contribution in [0.4, 0.5) is 24.7 Å². The maximum Gasteiger partial charge on any atom is 0.418 e. The van der Waals surface area contributed by atoms with Crippen molar-refractivity contribution >= 4 is 17.4 Å². The molecule has 1 N–H and O–H groups in total. The summed E-state index contributed by atoms with van der Waals surface area (Å²) in [6, 6.07) is 7.02. The smallest absolute Gasteiger partial charge is 0.418 e. The van der Waals surface area contributed by atoms with E-state index in [4.69, 9.17) is 4.74 Å². The minimum absolute atomic E-state index is 0.262. The van der Waals surface area contributed by atoms with Gasteiger partial charge in [0.2, 0.25) is 5.75 Å². The standard InChI is InChI=1S/C14H10F3N3O4/c15-14(16,17)9-4-1-2-5-10(9)19-12(21)8-24-11-6-3-7-18-13(11)20(22)23/h1-7H,8H2,(H,19,21). The second-order valence-corrected chi connectivity index (χ2v) is 4.46. The number of ether oxygens (including phenoxy) is 1. The van der Waals surface area contributed by atoms with Crippen molar-refractivity contribution in [3.63, 3.8) is 0 Å². The Labute approximate surface area is 133 Å². The summed E-state index contributed by atoms with van der Waals surface area (Å²) in [5.41, 5.74) is -1.44. The number of carbonyl (C=O) groups excluding carboxylic acids is 1. The van der Waals surface area contributed by atoms with Crippen molar-refractivity contribution < 1.29 is 27.6 Å². The van der Waals surface area contributed by atoms with Crippen molar-refractivity contribution in [2.24, 2.45) is 0 Å². The van der Waals surface area contributed by atoms with Crippen LogP contribution in [0.2, 0.25) is 0 Å². The Morgan fingerprint density at radius 3 is 2.62 bits per heavy atom. The van der Waals surface area contributed by atoms with Crippen LogP contribution >= 0.6 is 0 Å². The van der Waals surface area contributed by atoms with E-state index in [2.05, 4.69) is 10.3 Å². The molecular formula is C14H10F3N3O4. The Balaban J connectivity index is 2.07. The summed E-state index contributed by atoms with van der Waals surface area (Å²) in [6.07, 6.45) is -3.46. The van der Waals surface area contributed by atoms with Gasteiger partial charge in [0.25, 0.3) is 5.91 Å². The lowest BCUT2D eigenvalue weighted by molar-refractivity contribution is -0.390. The molecule has 1 aromatic carbocycles. The first-order valence-corrected chi connectivity index (χ1v) is 6.47. The minimum atomic E-state index is -4.63. The van der Waals surface area contributed by atoms with Crippen LogP contribution in [-0.2, 0) is 11.0 Å². The normalized spacial score (nSPS) is 11.0. The zero-order valence-corrected chi connectivity index (χ0v) is 11.9. The number of rotatable bonds is 5. The van der Waals surface area contributed by atoms with Gasteiger partial charge >= 0.3 is 12.0 Å². The van der Waals surface area contributed by atoms with Gasteiger partial charge < -0.3 is 20.2 Å². The third-order valence-electron chi connectivity index (χ3n) is 2.79. The summed E-state index contributed by atoms with van der Waals surface area (Å²) in [6.45, 7) is -0.710. The number of pyridine rings is 1. The van der Waals surface area contributed by atoms with Gasteiger partial charge in [0.1, 0.15) is 6.20 Å². The van der Waals surface area contributed by atoms with Crippen molar-refractivity contribution in [1.29, 1.82) is 0 Å². The number of amides is 1. The highest BCUT2D eigenvalue weighted by Gasteiger charge is 2.33. The first kappa shape index (κ1) is 17.2. The molecule has 1 aromatic heterocycles. The summed E-state index contributed by atoms with van der Waals surface area (Å²) >= 11 is 0. The molecule has 0 aliphatic heterocycles. The molecule has 1 heterocycles. The molecule has 0 spiro atoms. The van der Waals surface area contributed by atoms with Crippen LogP contribution < -0.4 is 10.1 Å². The zero-order chi connectivity index (χ0) is 17.7. The first-order valence-electron chi connectivity index (χ1n) is 6.47. The van der Waals surface area contributed by atoms with Crippen molar-refractivity contribution in [1.82, 2.24) is 4.98 Å². The van der Waals surface area contributed by atoms with Gasteiger partial charge in [-0.25, -0.2) is 0 Å². The molecule has 0 saturated heterocycles. The monoisotopic (exact) mass is 341 g/mol. The third-order valence-corrected chi connectivity index (χ3v) is 2.79. The van der Waals surface area contributed by atoms with E-state index in [0.29, 0.717) is 0 Å². The molecule has 0 atom stereocenters. The summed E-state index contributed by atoms with van der Waals surface area (Å²) in [5.74, 6) is -1.76. The molecule has 0 unspecified atom stereocenters. The van der Waals surface area contributed by atoms with Gasteiger partial charge in [-0.1, -0.05) is 12.1 Å². The Hall–Kier alpha value is -3.17. The summed E-state index contributed by atoms with van der Waals surface area (Å²) in [5, 5.41) is 12.8. The first-order chi connectivity index (χ1) is 11.3. The number of anilines is 1. The van der Waals surface area contributed by atoms with E-state index in [9.17, 15) is 28.1 Å². The molecule has 0 radical (unpaired) electrons. The van der Waals surface area contributed by atoms with Gasteiger partial charge in [-0.3, -0.25) is 4.79 Å². The van der Waals surface area contributed by atoms with E-state index in [1.165, 1.54) is 30.5 Å². The van der Waals surface area contributed by atoms with Gasteiger partial charge in [0, 0.05) is 0 Å². The molecule has 126 valence electrons. The molecule has 0 bridgehead atoms. The highest BCUT2D eigenvalue weighted by atomic mass is 19.4. The molecule has 2 rings (SSSR count). The van der Waals surface area contributed by atoms with E-state index in [1.807, 2.05) is 0 Å². The molecule has 0 fully saturated rings. The molecule has 0 saturated carbocycles. The van der Waals surface area contributed by atoms with Crippen LogP contribution in [0.3, 0.4) is 0 Å². The largest absolute Gasteiger partial charge is 0.476 e. The van der Waals surface area contributed by atoms with Crippen molar-refractivity contribution in [3.8, 4) is 5.75 Å². The third kappa shape index (κ3) is 4.18. The van der Waals surface area contributed by atoms with Gasteiger partial charge in [-0.15, -0.1) is 0 Å². The zero-order valence-electron chi connectivity index (χ0n) is 11.9. The number of benzene rings is 1. The quantitative estimate of drug-likeness (QED) is 0.666. The van der Waals surface area contributed by atoms with E-state index in [0.717, 1.165) is 12.1 Å². The molecule has 10 heteroatoms. The van der Waals surface area contributed by atoms with Gasteiger partial charge in [-0.05, 0) is 34.2 Å². The van der Waals surface area contributed by atoms with Crippen LogP contribution in [0.25, 0.3) is 0 Å². The predicted molar refractivity (Wildman–Crippen MR) is 76.5 cm³/mol. The number of para-hydroxylation sites is 1. The molecule has 7 nitrogen and oxygen atoms in total. The highest BCUT2D eigenvalue weighted by molar-refractivity contribution is 5.92. The second kappa shape index (κ2) is 6.94. The van der Waals surface area contributed by atoms with Crippen molar-refractivity contribution in [3.05, 3.63) is 58.3 Å². The van der Waals surface area contributed by atoms with Crippen LogP contribution in [0, 0.1) is 10.1 Å². The number of aromatic nitrogens is 1. The molecule has 0 aliphatic carbocycles. The fourth-order valence-electron chi connectivity index (χ4n) is 1.80. The highest BCUT2D eigenvalue weighted by Crippen LogP contribution is 2.34. The van der Waals surface area contributed by atoms with E-state index >= 15 is 0 Å². The molecule has 0 aliphatic rings. The van der Waals surface area contributed by atoms with Crippen LogP contribution in [-0.4, -0.2) is 22.4 Å². The Morgan fingerprint density at radius 2 is 1.96 bits per heavy atom. The average molecular weight is 341 g/mol. The van der Waals surface area contributed by atoms with Gasteiger partial charge in [0.05, 0.1) is 11.3 Å². The van der Waals surface area contributed by atoms with E-state index in [-0.39, 0.29) is 5.75 Å². The summed E-state index contributed by atoms with van der Waals surface area (Å²) < 4.78 is 43.4. The summed E-state index contributed by atoms with van der Waals surface area (Å²) in [4.78, 5) is 25.2. The maximum atomic E-state index is 12.8. The topological polar surface area (TPSA) is 94.4 Å². The van der Waals surface area contributed by atoms with Crippen LogP contribution in [0.1, 0.15) is 5.56 Å². The van der Waals surface area contributed by atoms with Gasteiger partial charge in [0.15, 0.2) is 6.61 Å². The average Bonchev–Trinajstić information content (AvgIpc) is 2.52. The number of nitrogens with one attached hydrogen (secondary N) is 1. The van der Waals surface area contributed by atoms with E-state index in [1.54, 1.807) is 0 Å². The maximum absolute atomic E-state index is 12.8. The molecule has 1 amide bonds. The lowest BCUT2D eigenvalue weighted by atomic mass is 10.1.